The lowest BCUT2D eigenvalue weighted by Crippen LogP contribution is -2.30. The van der Waals surface area contributed by atoms with Gasteiger partial charge in [-0.05, 0) is 53.9 Å². The highest BCUT2D eigenvalue weighted by atomic mass is 32.2. The van der Waals surface area contributed by atoms with Crippen molar-refractivity contribution in [1.82, 2.24) is 9.29 Å². The van der Waals surface area contributed by atoms with E-state index >= 15 is 0 Å². The van der Waals surface area contributed by atoms with Crippen molar-refractivity contribution in [3.63, 3.8) is 0 Å². The van der Waals surface area contributed by atoms with E-state index in [4.69, 9.17) is 14.2 Å². The molecule has 0 bridgehead atoms. The van der Waals surface area contributed by atoms with Crippen LogP contribution in [0.2, 0.25) is 0 Å². The van der Waals surface area contributed by atoms with Crippen LogP contribution in [0.5, 0.6) is 11.5 Å². The fourth-order valence-electron chi connectivity index (χ4n) is 3.76. The number of nitrogens with zero attached hydrogens (tertiary/aromatic N) is 2. The fourth-order valence-corrected chi connectivity index (χ4v) is 5.20. The van der Waals surface area contributed by atoms with Crippen LogP contribution in [-0.2, 0) is 27.8 Å². The highest BCUT2D eigenvalue weighted by Crippen LogP contribution is 2.31. The minimum Gasteiger partial charge on any atom is -0.493 e. The summed E-state index contributed by atoms with van der Waals surface area (Å²) in [5, 5.41) is 0. The van der Waals surface area contributed by atoms with E-state index in [1.54, 1.807) is 49.8 Å². The van der Waals surface area contributed by atoms with Crippen LogP contribution in [0.15, 0.2) is 71.9 Å². The fraction of sp³-hybridized carbons (Fsp3) is 0.320. The summed E-state index contributed by atoms with van der Waals surface area (Å²) in [6.07, 6.45) is 4.17. The van der Waals surface area contributed by atoms with E-state index in [9.17, 15) is 12.8 Å². The molecular weight excluding hydrogens is 459 g/mol. The Morgan fingerprint density at radius 3 is 2.65 bits per heavy atom. The lowest BCUT2D eigenvalue weighted by molar-refractivity contribution is 0.165. The maximum absolute atomic E-state index is 13.8. The minimum absolute atomic E-state index is 0.0562. The van der Waals surface area contributed by atoms with Crippen LogP contribution in [0, 0.1) is 11.7 Å². The Morgan fingerprint density at radius 1 is 1.09 bits per heavy atom. The van der Waals surface area contributed by atoms with E-state index < -0.39 is 15.8 Å². The molecule has 0 N–H and O–H groups in total. The van der Waals surface area contributed by atoms with Crippen molar-refractivity contribution >= 4 is 10.0 Å². The van der Waals surface area contributed by atoms with Gasteiger partial charge in [-0.3, -0.25) is 4.98 Å². The Bertz CT molecular complexity index is 1200. The summed E-state index contributed by atoms with van der Waals surface area (Å²) in [6, 6.07) is 13.9. The summed E-state index contributed by atoms with van der Waals surface area (Å²) in [7, 11) is -2.44. The first-order chi connectivity index (χ1) is 16.5. The summed E-state index contributed by atoms with van der Waals surface area (Å²) < 4.78 is 58.9. The molecule has 1 aromatic heterocycles. The van der Waals surface area contributed by atoms with Crippen molar-refractivity contribution in [2.45, 2.75) is 24.4 Å². The zero-order valence-electron chi connectivity index (χ0n) is 18.9. The number of benzene rings is 2. The van der Waals surface area contributed by atoms with E-state index in [0.717, 1.165) is 19.1 Å². The van der Waals surface area contributed by atoms with Gasteiger partial charge in [-0.15, -0.1) is 0 Å². The van der Waals surface area contributed by atoms with E-state index in [-0.39, 0.29) is 18.0 Å². The Balaban J connectivity index is 1.62. The minimum atomic E-state index is -4.00. The van der Waals surface area contributed by atoms with Crippen LogP contribution in [0.1, 0.15) is 17.5 Å². The molecule has 34 heavy (non-hydrogen) atoms. The lowest BCUT2D eigenvalue weighted by Gasteiger charge is -2.23. The summed E-state index contributed by atoms with van der Waals surface area (Å²) >= 11 is 0. The second-order valence-corrected chi connectivity index (χ2v) is 10.1. The van der Waals surface area contributed by atoms with Crippen molar-refractivity contribution in [2.24, 2.45) is 5.92 Å². The van der Waals surface area contributed by atoms with Crippen LogP contribution in [0.3, 0.4) is 0 Å². The van der Waals surface area contributed by atoms with Crippen molar-refractivity contribution in [3.8, 4) is 11.5 Å². The van der Waals surface area contributed by atoms with Gasteiger partial charge in [0.15, 0.2) is 11.5 Å². The average Bonchev–Trinajstić information content (AvgIpc) is 3.37. The number of pyridine rings is 1. The zero-order valence-corrected chi connectivity index (χ0v) is 19.7. The molecule has 0 radical (unpaired) electrons. The van der Waals surface area contributed by atoms with Gasteiger partial charge in [-0.2, -0.15) is 4.31 Å². The Hall–Kier alpha value is -3.01. The van der Waals surface area contributed by atoms with Gasteiger partial charge in [0.05, 0.1) is 25.2 Å². The van der Waals surface area contributed by atoms with Crippen LogP contribution in [0.4, 0.5) is 4.39 Å². The summed E-state index contributed by atoms with van der Waals surface area (Å²) in [4.78, 5) is 3.98. The van der Waals surface area contributed by atoms with Gasteiger partial charge in [0, 0.05) is 38.0 Å². The number of methoxy groups -OCH3 is 1. The molecule has 0 spiro atoms. The topological polar surface area (TPSA) is 78.0 Å². The van der Waals surface area contributed by atoms with Crippen LogP contribution in [-0.4, -0.2) is 44.6 Å². The molecule has 2 heterocycles. The number of hydrogen-bond donors (Lipinski definition) is 0. The Kier molecular flexibility index (Phi) is 7.77. The first-order valence-corrected chi connectivity index (χ1v) is 12.4. The third-order valence-electron chi connectivity index (χ3n) is 5.60. The normalized spacial score (nSPS) is 16.0. The van der Waals surface area contributed by atoms with Crippen LogP contribution >= 0.6 is 0 Å². The molecule has 180 valence electrons. The smallest absolute Gasteiger partial charge is 0.243 e. The molecular formula is C25H27FN2O5S. The number of aromatic nitrogens is 1. The second-order valence-electron chi connectivity index (χ2n) is 8.12. The molecule has 7 nitrogen and oxygen atoms in total. The Labute approximate surface area is 199 Å². The molecule has 0 amide bonds. The number of hydrogen-bond acceptors (Lipinski definition) is 6. The first kappa shape index (κ1) is 24.1. The predicted molar refractivity (Wildman–Crippen MR) is 124 cm³/mol. The van der Waals surface area contributed by atoms with E-state index in [0.29, 0.717) is 41.8 Å². The second kappa shape index (κ2) is 10.9. The molecule has 1 aliphatic heterocycles. The molecule has 1 fully saturated rings. The summed E-state index contributed by atoms with van der Waals surface area (Å²) in [5.74, 6) is 0.799. The molecule has 1 saturated heterocycles. The van der Waals surface area contributed by atoms with Crippen LogP contribution in [0.25, 0.3) is 0 Å². The Morgan fingerprint density at radius 2 is 1.94 bits per heavy atom. The van der Waals surface area contributed by atoms with Gasteiger partial charge < -0.3 is 14.2 Å². The average molecular weight is 487 g/mol. The predicted octanol–water partition coefficient (Wildman–Crippen LogP) is 4.04. The molecule has 1 atom stereocenters. The third kappa shape index (κ3) is 5.91. The highest BCUT2D eigenvalue weighted by molar-refractivity contribution is 7.89. The highest BCUT2D eigenvalue weighted by Gasteiger charge is 2.26. The maximum atomic E-state index is 13.8. The lowest BCUT2D eigenvalue weighted by atomic mass is 10.1. The molecule has 4 rings (SSSR count). The van der Waals surface area contributed by atoms with Crippen LogP contribution < -0.4 is 9.47 Å². The number of sulfonamides is 1. The van der Waals surface area contributed by atoms with Gasteiger partial charge in [-0.1, -0.05) is 18.2 Å². The monoisotopic (exact) mass is 486 g/mol. The quantitative estimate of drug-likeness (QED) is 0.431. The SMILES string of the molecule is COc1ccc(CN(Cc2cccnc2)S(=O)(=O)c2cccc(F)c2)cc1OCC1CCOC1. The molecule has 2 aromatic carbocycles. The standard InChI is InChI=1S/C25H27FN2O5S/c1-31-24-8-7-19(12-25(24)33-18-21-9-11-32-17-21)15-28(16-20-4-3-10-27-14-20)34(29,30)23-6-2-5-22(26)13-23/h2-8,10,12-14,21H,9,11,15-18H2,1H3. The third-order valence-corrected chi connectivity index (χ3v) is 7.39. The number of halogens is 1. The molecule has 3 aromatic rings. The van der Waals surface area contributed by atoms with E-state index in [1.165, 1.54) is 22.5 Å². The molecule has 0 aliphatic carbocycles. The van der Waals surface area contributed by atoms with Crippen molar-refractivity contribution < 1.29 is 27.0 Å². The van der Waals surface area contributed by atoms with Crippen molar-refractivity contribution in [2.75, 3.05) is 26.9 Å². The maximum Gasteiger partial charge on any atom is 0.243 e. The van der Waals surface area contributed by atoms with Gasteiger partial charge in [-0.25, -0.2) is 12.8 Å². The van der Waals surface area contributed by atoms with Gasteiger partial charge >= 0.3 is 0 Å². The molecule has 9 heteroatoms. The number of rotatable bonds is 10. The van der Waals surface area contributed by atoms with Gasteiger partial charge in [0.2, 0.25) is 10.0 Å². The van der Waals surface area contributed by atoms with Gasteiger partial charge in [0.1, 0.15) is 5.82 Å². The first-order valence-electron chi connectivity index (χ1n) is 11.0. The van der Waals surface area contributed by atoms with E-state index in [1.807, 2.05) is 0 Å². The van der Waals surface area contributed by atoms with E-state index in [2.05, 4.69) is 4.98 Å². The van der Waals surface area contributed by atoms with Gasteiger partial charge in [0.25, 0.3) is 0 Å². The molecule has 1 unspecified atom stereocenters. The van der Waals surface area contributed by atoms with Crippen molar-refractivity contribution in [3.05, 3.63) is 83.9 Å². The summed E-state index contributed by atoms with van der Waals surface area (Å²) in [6.45, 7) is 2.01. The largest absolute Gasteiger partial charge is 0.493 e. The number of ether oxygens (including phenoxy) is 3. The summed E-state index contributed by atoms with van der Waals surface area (Å²) in [5.41, 5.74) is 1.43. The molecule has 0 saturated carbocycles. The zero-order chi connectivity index (χ0) is 24.0. The van der Waals surface area contributed by atoms with Crippen molar-refractivity contribution in [1.29, 1.82) is 0 Å². The molecule has 1 aliphatic rings.